The smallest absolute Gasteiger partial charge is 0.223 e. The van der Waals surface area contributed by atoms with Crippen LogP contribution in [0.3, 0.4) is 0 Å². The lowest BCUT2D eigenvalue weighted by Crippen LogP contribution is -2.40. The van der Waals surface area contributed by atoms with Gasteiger partial charge in [0.25, 0.3) is 0 Å². The lowest BCUT2D eigenvalue weighted by Gasteiger charge is -2.26. The van der Waals surface area contributed by atoms with Gasteiger partial charge in [0.05, 0.1) is 6.04 Å². The van der Waals surface area contributed by atoms with Crippen LogP contribution in [0.25, 0.3) is 0 Å². The largest absolute Gasteiger partial charge is 0.491 e. The van der Waals surface area contributed by atoms with E-state index >= 15 is 0 Å². The Hall–Kier alpha value is -2.35. The second-order valence-corrected chi connectivity index (χ2v) is 6.18. The summed E-state index contributed by atoms with van der Waals surface area (Å²) in [5.41, 5.74) is 0.652. The molecule has 0 unspecified atom stereocenters. The number of fused-ring (bicyclic) bond motifs is 1. The molecule has 23 heavy (non-hydrogen) atoms. The number of hydrogen-bond donors (Lipinski definition) is 0. The van der Waals surface area contributed by atoms with Crippen LogP contribution in [0.1, 0.15) is 38.2 Å². The second kappa shape index (κ2) is 6.41. The van der Waals surface area contributed by atoms with Crippen LogP contribution in [0.2, 0.25) is 0 Å². The van der Waals surface area contributed by atoms with Crippen molar-refractivity contribution < 1.29 is 9.53 Å². The summed E-state index contributed by atoms with van der Waals surface area (Å²) < 4.78 is 5.80. The highest BCUT2D eigenvalue weighted by Crippen LogP contribution is 2.38. The molecule has 1 aromatic rings. The summed E-state index contributed by atoms with van der Waals surface area (Å²) in [6.07, 6.45) is 7.74. The molecular formula is C18H21N3O2. The highest BCUT2D eigenvalue weighted by molar-refractivity contribution is 5.77. The first-order valence-corrected chi connectivity index (χ1v) is 8.01. The molecule has 2 heterocycles. The quantitative estimate of drug-likeness (QED) is 0.784. The van der Waals surface area contributed by atoms with Crippen LogP contribution in [0.15, 0.2) is 34.5 Å². The van der Waals surface area contributed by atoms with Crippen molar-refractivity contribution in [3.63, 3.8) is 0 Å². The van der Waals surface area contributed by atoms with Gasteiger partial charge in [0.15, 0.2) is 5.66 Å². The summed E-state index contributed by atoms with van der Waals surface area (Å²) in [6.45, 7) is 3.12. The number of carbonyl (C=O) groups excluding carboxylic acids is 1. The Kier molecular flexibility index (Phi) is 4.33. The highest BCUT2D eigenvalue weighted by atomic mass is 16.5. The average Bonchev–Trinajstić information content (AvgIpc) is 3.36. The predicted octanol–water partition coefficient (Wildman–Crippen LogP) is 3.15. The fourth-order valence-electron chi connectivity index (χ4n) is 2.87. The minimum atomic E-state index is -0.397. The zero-order valence-electron chi connectivity index (χ0n) is 13.4. The van der Waals surface area contributed by atoms with Gasteiger partial charge >= 0.3 is 0 Å². The molecule has 1 atom stereocenters. The van der Waals surface area contributed by atoms with E-state index < -0.39 is 5.66 Å². The van der Waals surface area contributed by atoms with Gasteiger partial charge in [-0.05, 0) is 13.0 Å². The fourth-order valence-corrected chi connectivity index (χ4v) is 2.87. The fraction of sp³-hybridized carbons (Fsp3) is 0.500. The molecule has 0 saturated heterocycles. The molecule has 1 aromatic carbocycles. The lowest BCUT2D eigenvalue weighted by atomic mass is 10.0. The number of nitrogens with zero attached hydrogens (tertiary/aromatic N) is 3. The van der Waals surface area contributed by atoms with Crippen molar-refractivity contribution in [3.8, 4) is 18.1 Å². The second-order valence-electron chi connectivity index (χ2n) is 6.18. The Balaban J connectivity index is 1.61. The van der Waals surface area contributed by atoms with Gasteiger partial charge < -0.3 is 9.64 Å². The minimum Gasteiger partial charge on any atom is -0.491 e. The average molecular weight is 311 g/mol. The molecule has 2 aliphatic heterocycles. The number of carbonyl (C=O) groups is 1. The van der Waals surface area contributed by atoms with Crippen LogP contribution in [-0.2, 0) is 11.3 Å². The van der Waals surface area contributed by atoms with E-state index in [-0.39, 0.29) is 11.9 Å². The van der Waals surface area contributed by atoms with Crippen molar-refractivity contribution in [2.75, 3.05) is 6.61 Å². The van der Waals surface area contributed by atoms with Gasteiger partial charge in [-0.15, -0.1) is 12.3 Å². The van der Waals surface area contributed by atoms with Crippen molar-refractivity contribution in [2.24, 2.45) is 10.2 Å². The Morgan fingerprint density at radius 2 is 2.22 bits per heavy atom. The number of hydrogen-bond acceptors (Lipinski definition) is 4. The molecule has 0 spiro atoms. The number of terminal acetylenes is 1. The zero-order chi connectivity index (χ0) is 16.3. The number of benzene rings is 1. The molecule has 0 saturated carbocycles. The monoisotopic (exact) mass is 311 g/mol. The molecule has 2 aliphatic rings. The molecule has 0 aliphatic carbocycles. The molecule has 5 heteroatoms. The van der Waals surface area contributed by atoms with Gasteiger partial charge in [0.1, 0.15) is 12.4 Å². The standard InChI is InChI=1S/C18H21N3O2/c1-3-4-10-18(19-20-18)11-9-17(22)21-12-15-7-5-6-8-16(15)23-13-14(21)2/h1,5-8,14H,4,9-13H2,2H3/t14-/m0/s1. The van der Waals surface area contributed by atoms with Gasteiger partial charge in [-0.2, -0.15) is 10.2 Å². The molecule has 3 rings (SSSR count). The zero-order valence-corrected chi connectivity index (χ0v) is 13.4. The maximum Gasteiger partial charge on any atom is 0.223 e. The number of ether oxygens (including phenoxy) is 1. The van der Waals surface area contributed by atoms with Crippen molar-refractivity contribution in [1.82, 2.24) is 4.90 Å². The third kappa shape index (κ3) is 3.53. The van der Waals surface area contributed by atoms with Crippen molar-refractivity contribution in [3.05, 3.63) is 29.8 Å². The molecule has 120 valence electrons. The van der Waals surface area contributed by atoms with E-state index in [0.29, 0.717) is 32.4 Å². The third-order valence-corrected chi connectivity index (χ3v) is 4.44. The van der Waals surface area contributed by atoms with Crippen LogP contribution in [-0.4, -0.2) is 29.1 Å². The molecule has 0 aromatic heterocycles. The maximum atomic E-state index is 12.7. The Morgan fingerprint density at radius 1 is 1.43 bits per heavy atom. The molecule has 1 amide bonds. The lowest BCUT2D eigenvalue weighted by molar-refractivity contribution is -0.134. The predicted molar refractivity (Wildman–Crippen MR) is 86.8 cm³/mol. The molecule has 0 fully saturated rings. The van der Waals surface area contributed by atoms with Gasteiger partial charge in [-0.25, -0.2) is 0 Å². The van der Waals surface area contributed by atoms with Gasteiger partial charge in [0.2, 0.25) is 5.91 Å². The topological polar surface area (TPSA) is 54.3 Å². The van der Waals surface area contributed by atoms with E-state index in [4.69, 9.17) is 11.2 Å². The molecule has 0 N–H and O–H groups in total. The van der Waals surface area contributed by atoms with E-state index in [2.05, 4.69) is 16.1 Å². The van der Waals surface area contributed by atoms with E-state index in [1.807, 2.05) is 36.1 Å². The van der Waals surface area contributed by atoms with Crippen molar-refractivity contribution in [1.29, 1.82) is 0 Å². The summed E-state index contributed by atoms with van der Waals surface area (Å²) in [7, 11) is 0. The van der Waals surface area contributed by atoms with E-state index in [9.17, 15) is 4.79 Å². The molecule has 0 radical (unpaired) electrons. The highest BCUT2D eigenvalue weighted by Gasteiger charge is 2.40. The number of amides is 1. The minimum absolute atomic E-state index is 0.0460. The number of rotatable bonds is 5. The summed E-state index contributed by atoms with van der Waals surface area (Å²) in [5.74, 6) is 3.60. The van der Waals surface area contributed by atoms with E-state index in [1.54, 1.807) is 0 Å². The van der Waals surface area contributed by atoms with Crippen LogP contribution >= 0.6 is 0 Å². The number of para-hydroxylation sites is 1. The van der Waals surface area contributed by atoms with Gasteiger partial charge in [0, 0.05) is 37.8 Å². The van der Waals surface area contributed by atoms with Crippen LogP contribution < -0.4 is 4.74 Å². The maximum absolute atomic E-state index is 12.7. The van der Waals surface area contributed by atoms with Crippen LogP contribution in [0, 0.1) is 12.3 Å². The SMILES string of the molecule is C#CCCC1(CCC(=O)N2Cc3ccccc3OC[C@@H]2C)N=N1. The van der Waals surface area contributed by atoms with E-state index in [0.717, 1.165) is 17.7 Å². The molecule has 0 bridgehead atoms. The summed E-state index contributed by atoms with van der Waals surface area (Å²) in [5, 5.41) is 8.19. The summed E-state index contributed by atoms with van der Waals surface area (Å²) in [4.78, 5) is 14.6. The first-order valence-electron chi connectivity index (χ1n) is 8.01. The first-order chi connectivity index (χ1) is 11.1. The molecule has 5 nitrogen and oxygen atoms in total. The summed E-state index contributed by atoms with van der Waals surface area (Å²) >= 11 is 0. The third-order valence-electron chi connectivity index (χ3n) is 4.44. The van der Waals surface area contributed by atoms with E-state index in [1.165, 1.54) is 0 Å². The Morgan fingerprint density at radius 3 is 2.96 bits per heavy atom. The Bertz CT molecular complexity index is 656. The van der Waals surface area contributed by atoms with Gasteiger partial charge in [-0.1, -0.05) is 18.2 Å². The van der Waals surface area contributed by atoms with Crippen LogP contribution in [0.5, 0.6) is 5.75 Å². The normalized spacial score (nSPS) is 20.9. The van der Waals surface area contributed by atoms with Gasteiger partial charge in [-0.3, -0.25) is 4.79 Å². The molecular weight excluding hydrogens is 290 g/mol. The summed E-state index contributed by atoms with van der Waals surface area (Å²) in [6, 6.07) is 7.93. The van der Waals surface area contributed by atoms with Crippen molar-refractivity contribution >= 4 is 5.91 Å². The Labute approximate surface area is 136 Å². The first kappa shape index (κ1) is 15.5. The van der Waals surface area contributed by atoms with Crippen LogP contribution in [0.4, 0.5) is 0 Å². The van der Waals surface area contributed by atoms with Crippen molar-refractivity contribution in [2.45, 2.75) is 50.9 Å².